The second-order valence-electron chi connectivity index (χ2n) is 6.31. The van der Waals surface area contributed by atoms with E-state index in [1.54, 1.807) is 0 Å². The molecule has 0 fully saturated rings. The Labute approximate surface area is 152 Å². The second-order valence-corrected chi connectivity index (χ2v) is 6.31. The van der Waals surface area contributed by atoms with Gasteiger partial charge in [-0.1, -0.05) is 60.2 Å². The third-order valence-corrected chi connectivity index (χ3v) is 4.25. The fourth-order valence-electron chi connectivity index (χ4n) is 2.76. The molecule has 0 aliphatic rings. The van der Waals surface area contributed by atoms with Crippen LogP contribution in [-0.2, 0) is 11.3 Å². The Kier molecular flexibility index (Phi) is 5.27. The molecule has 0 aliphatic carbocycles. The normalized spacial score (nSPS) is 11.8. The van der Waals surface area contributed by atoms with Crippen LogP contribution in [0.2, 0.25) is 0 Å². The summed E-state index contributed by atoms with van der Waals surface area (Å²) in [4.78, 5) is 29.1. The first-order valence-corrected chi connectivity index (χ1v) is 8.50. The third-order valence-electron chi connectivity index (χ3n) is 4.25. The fraction of sp³-hybridized carbons (Fsp3) is 0.190. The van der Waals surface area contributed by atoms with E-state index in [0.29, 0.717) is 5.56 Å². The first-order valence-electron chi connectivity index (χ1n) is 8.50. The van der Waals surface area contributed by atoms with Gasteiger partial charge in [-0.15, -0.1) is 0 Å². The molecule has 0 saturated carbocycles. The summed E-state index contributed by atoms with van der Waals surface area (Å²) in [6.45, 7) is 3.87. The molecule has 3 rings (SSSR count). The Morgan fingerprint density at radius 2 is 1.81 bits per heavy atom. The van der Waals surface area contributed by atoms with E-state index in [1.807, 2.05) is 68.4 Å². The molecule has 0 radical (unpaired) electrons. The topological polar surface area (TPSA) is 64.0 Å². The van der Waals surface area contributed by atoms with E-state index >= 15 is 0 Å². The highest BCUT2D eigenvalue weighted by molar-refractivity contribution is 5.76. The molecule has 5 heteroatoms. The van der Waals surface area contributed by atoms with Gasteiger partial charge in [-0.25, -0.2) is 4.98 Å². The summed E-state index contributed by atoms with van der Waals surface area (Å²) in [6.07, 6.45) is 2.92. The highest BCUT2D eigenvalue weighted by atomic mass is 16.2. The molecule has 5 nitrogen and oxygen atoms in total. The summed E-state index contributed by atoms with van der Waals surface area (Å²) in [5.41, 5.74) is 3.22. The summed E-state index contributed by atoms with van der Waals surface area (Å²) >= 11 is 0. The van der Waals surface area contributed by atoms with Crippen LogP contribution >= 0.6 is 0 Å². The summed E-state index contributed by atoms with van der Waals surface area (Å²) in [5.74, 6) is -0.229. The molecule has 1 atom stereocenters. The van der Waals surface area contributed by atoms with Crippen LogP contribution in [0.1, 0.15) is 24.1 Å². The minimum atomic E-state index is -0.232. The van der Waals surface area contributed by atoms with Gasteiger partial charge in [0.15, 0.2) is 0 Å². The van der Waals surface area contributed by atoms with E-state index in [0.717, 1.165) is 11.1 Å². The molecule has 0 unspecified atom stereocenters. The predicted octanol–water partition coefficient (Wildman–Crippen LogP) is 3.10. The number of aromatic nitrogens is 2. The van der Waals surface area contributed by atoms with Crippen LogP contribution in [0.25, 0.3) is 11.1 Å². The first-order chi connectivity index (χ1) is 12.5. The zero-order chi connectivity index (χ0) is 18.5. The minimum absolute atomic E-state index is 0.0668. The predicted molar refractivity (Wildman–Crippen MR) is 102 cm³/mol. The van der Waals surface area contributed by atoms with Gasteiger partial charge in [0.05, 0.1) is 17.9 Å². The van der Waals surface area contributed by atoms with Crippen molar-refractivity contribution in [2.24, 2.45) is 0 Å². The highest BCUT2D eigenvalue weighted by Crippen LogP contribution is 2.14. The van der Waals surface area contributed by atoms with Crippen molar-refractivity contribution in [3.8, 4) is 11.1 Å². The summed E-state index contributed by atoms with van der Waals surface area (Å²) in [6, 6.07) is 17.2. The van der Waals surface area contributed by atoms with Gasteiger partial charge in [0.25, 0.3) is 5.56 Å². The van der Waals surface area contributed by atoms with Crippen LogP contribution in [0.15, 0.2) is 71.9 Å². The van der Waals surface area contributed by atoms with Crippen LogP contribution in [0.3, 0.4) is 0 Å². The van der Waals surface area contributed by atoms with Gasteiger partial charge in [0.1, 0.15) is 6.54 Å². The number of carbonyl (C=O) groups excluding carboxylic acids is 1. The molecule has 2 aromatic carbocycles. The van der Waals surface area contributed by atoms with E-state index in [1.165, 1.54) is 22.7 Å². The van der Waals surface area contributed by atoms with Crippen molar-refractivity contribution in [1.29, 1.82) is 0 Å². The molecule has 0 saturated heterocycles. The molecule has 0 aliphatic heterocycles. The lowest BCUT2D eigenvalue weighted by Gasteiger charge is -2.15. The Hall–Kier alpha value is -3.21. The SMILES string of the molecule is Cc1ccc([C@H](C)NC(=O)Cn2cncc(-c3ccccc3)c2=O)cc1. The lowest BCUT2D eigenvalue weighted by molar-refractivity contribution is -0.122. The zero-order valence-corrected chi connectivity index (χ0v) is 14.8. The molecular formula is C21H21N3O2. The Morgan fingerprint density at radius 1 is 1.12 bits per heavy atom. The molecule has 132 valence electrons. The average molecular weight is 347 g/mol. The minimum Gasteiger partial charge on any atom is -0.348 e. The van der Waals surface area contributed by atoms with Crippen molar-refractivity contribution in [2.45, 2.75) is 26.4 Å². The number of nitrogens with zero attached hydrogens (tertiary/aromatic N) is 2. The van der Waals surface area contributed by atoms with Crippen molar-refractivity contribution in [3.05, 3.63) is 88.6 Å². The zero-order valence-electron chi connectivity index (χ0n) is 14.8. The number of carbonyl (C=O) groups is 1. The maximum atomic E-state index is 12.6. The number of rotatable bonds is 5. The van der Waals surface area contributed by atoms with Gasteiger partial charge in [-0.3, -0.25) is 14.2 Å². The maximum absolute atomic E-state index is 12.6. The smallest absolute Gasteiger partial charge is 0.261 e. The summed E-state index contributed by atoms with van der Waals surface area (Å²) in [5, 5.41) is 2.92. The van der Waals surface area contributed by atoms with Gasteiger partial charge < -0.3 is 5.32 Å². The van der Waals surface area contributed by atoms with Gasteiger partial charge in [-0.05, 0) is 25.0 Å². The van der Waals surface area contributed by atoms with Crippen LogP contribution < -0.4 is 10.9 Å². The van der Waals surface area contributed by atoms with Crippen molar-refractivity contribution < 1.29 is 4.79 Å². The number of hydrogen-bond acceptors (Lipinski definition) is 3. The van der Waals surface area contributed by atoms with Crippen molar-refractivity contribution in [1.82, 2.24) is 14.9 Å². The van der Waals surface area contributed by atoms with Gasteiger partial charge in [-0.2, -0.15) is 0 Å². The largest absolute Gasteiger partial charge is 0.348 e. The molecule has 0 bridgehead atoms. The summed E-state index contributed by atoms with van der Waals surface area (Å²) < 4.78 is 1.33. The highest BCUT2D eigenvalue weighted by Gasteiger charge is 2.12. The standard InChI is InChI=1S/C21H21N3O2/c1-15-8-10-17(11-9-15)16(2)23-20(25)13-24-14-22-12-19(21(24)26)18-6-4-3-5-7-18/h3-12,14,16H,13H2,1-2H3,(H,23,25)/t16-/m0/s1. The number of hydrogen-bond donors (Lipinski definition) is 1. The molecule has 1 heterocycles. The van der Waals surface area contributed by atoms with Gasteiger partial charge in [0.2, 0.25) is 5.91 Å². The fourth-order valence-corrected chi connectivity index (χ4v) is 2.76. The van der Waals surface area contributed by atoms with Gasteiger partial charge in [0, 0.05) is 6.20 Å². The number of amides is 1. The Morgan fingerprint density at radius 3 is 2.50 bits per heavy atom. The van der Waals surface area contributed by atoms with Crippen molar-refractivity contribution >= 4 is 5.91 Å². The average Bonchev–Trinajstić information content (AvgIpc) is 2.64. The van der Waals surface area contributed by atoms with Crippen LogP contribution in [0.5, 0.6) is 0 Å². The van der Waals surface area contributed by atoms with Crippen LogP contribution in [-0.4, -0.2) is 15.5 Å². The van der Waals surface area contributed by atoms with E-state index in [2.05, 4.69) is 10.3 Å². The lowest BCUT2D eigenvalue weighted by Crippen LogP contribution is -2.34. The number of nitrogens with one attached hydrogen (secondary N) is 1. The monoisotopic (exact) mass is 347 g/mol. The molecule has 1 N–H and O–H groups in total. The van der Waals surface area contributed by atoms with Crippen LogP contribution in [0.4, 0.5) is 0 Å². The van der Waals surface area contributed by atoms with E-state index in [9.17, 15) is 9.59 Å². The van der Waals surface area contributed by atoms with Crippen LogP contribution in [0, 0.1) is 6.92 Å². The van der Waals surface area contributed by atoms with E-state index < -0.39 is 0 Å². The molecular weight excluding hydrogens is 326 g/mol. The van der Waals surface area contributed by atoms with Gasteiger partial charge >= 0.3 is 0 Å². The lowest BCUT2D eigenvalue weighted by atomic mass is 10.1. The van der Waals surface area contributed by atoms with Crippen molar-refractivity contribution in [2.75, 3.05) is 0 Å². The first kappa shape index (κ1) is 17.6. The number of benzene rings is 2. The molecule has 26 heavy (non-hydrogen) atoms. The second kappa shape index (κ2) is 7.78. The Balaban J connectivity index is 1.74. The van der Waals surface area contributed by atoms with Crippen molar-refractivity contribution in [3.63, 3.8) is 0 Å². The molecule has 1 aromatic heterocycles. The van der Waals surface area contributed by atoms with E-state index in [4.69, 9.17) is 0 Å². The molecule has 3 aromatic rings. The third kappa shape index (κ3) is 4.06. The number of aryl methyl sites for hydroxylation is 1. The maximum Gasteiger partial charge on any atom is 0.261 e. The quantitative estimate of drug-likeness (QED) is 0.771. The summed E-state index contributed by atoms with van der Waals surface area (Å²) in [7, 11) is 0. The molecule has 0 spiro atoms. The molecule has 1 amide bonds. The van der Waals surface area contributed by atoms with E-state index in [-0.39, 0.29) is 24.1 Å². The Bertz CT molecular complexity index is 947.